The molecule has 4 unspecified atom stereocenters. The van der Waals surface area contributed by atoms with Crippen LogP contribution in [0, 0.1) is 0 Å². The Labute approximate surface area is 248 Å². The molecular weight excluding hydrogens is 598 g/mol. The molecule has 0 aromatic heterocycles. The molecule has 250 valence electrons. The summed E-state index contributed by atoms with van der Waals surface area (Å²) >= 11 is 0. The van der Waals surface area contributed by atoms with Gasteiger partial charge in [-0.05, 0) is 12.8 Å². The van der Waals surface area contributed by atoms with Crippen LogP contribution in [0.2, 0.25) is 0 Å². The molecule has 1 saturated carbocycles. The van der Waals surface area contributed by atoms with Gasteiger partial charge in [0.25, 0.3) is 0 Å². The maximum atomic E-state index is 12.4. The number of phosphoric ester groups is 2. The molecule has 8 atom stereocenters. The van der Waals surface area contributed by atoms with Gasteiger partial charge in [-0.25, -0.2) is 9.13 Å². The second-order valence-electron chi connectivity index (χ2n) is 10.9. The van der Waals surface area contributed by atoms with Crippen LogP contribution in [0.15, 0.2) is 0 Å². The standard InChI is InChI=1S/C26H52O14P2/c1-3-5-6-7-8-9-10-11-12-13-14-15-16-17-20(27)38-19(4-2)18-37-42(35,36)40-26-23(30)21(28)25(22(29)24(26)31)39-41(32,33)34/h19,21-26,28-31H,3-18H2,1-2H3,(H,35,36)(H2,32,33,34)/t19-,21-,22+,23+,24?,25?,26?/m1/s1. The van der Waals surface area contributed by atoms with Crippen LogP contribution in [0.25, 0.3) is 0 Å². The van der Waals surface area contributed by atoms with Crippen molar-refractivity contribution in [3.05, 3.63) is 0 Å². The second-order valence-corrected chi connectivity index (χ2v) is 13.5. The lowest BCUT2D eigenvalue weighted by atomic mass is 9.85. The van der Waals surface area contributed by atoms with Gasteiger partial charge in [-0.2, -0.15) is 0 Å². The van der Waals surface area contributed by atoms with Crippen molar-refractivity contribution < 1.29 is 67.3 Å². The first kappa shape index (κ1) is 39.6. The minimum Gasteiger partial charge on any atom is -0.460 e. The number of rotatable bonds is 23. The van der Waals surface area contributed by atoms with Gasteiger partial charge in [-0.3, -0.25) is 18.4 Å². The molecule has 0 spiro atoms. The van der Waals surface area contributed by atoms with Crippen LogP contribution < -0.4 is 0 Å². The van der Waals surface area contributed by atoms with Crippen LogP contribution in [0.3, 0.4) is 0 Å². The SMILES string of the molecule is CCCCCCCCCCCCCCCC(=O)O[C@H](CC)COP(=O)(O)OC1C(O)[C@H](O)C(OP(=O)(O)O)[C@H](O)[C@@H]1O. The first-order valence-corrected chi connectivity index (χ1v) is 18.1. The Balaban J connectivity index is 2.33. The fourth-order valence-corrected chi connectivity index (χ4v) is 6.26. The van der Waals surface area contributed by atoms with E-state index in [0.717, 1.165) is 19.3 Å². The van der Waals surface area contributed by atoms with Gasteiger partial charge < -0.3 is 39.8 Å². The summed E-state index contributed by atoms with van der Waals surface area (Å²) in [5.41, 5.74) is 0. The summed E-state index contributed by atoms with van der Waals surface area (Å²) in [6.45, 7) is 3.33. The summed E-state index contributed by atoms with van der Waals surface area (Å²) in [6.07, 6.45) is 1.83. The highest BCUT2D eigenvalue weighted by Crippen LogP contribution is 2.48. The highest BCUT2D eigenvalue weighted by atomic mass is 31.2. The normalized spacial score (nSPS) is 27.0. The third-order valence-electron chi connectivity index (χ3n) is 7.22. The Morgan fingerprint density at radius 1 is 0.667 bits per heavy atom. The number of carbonyl (C=O) groups is 1. The number of carbonyl (C=O) groups excluding carboxylic acids is 1. The van der Waals surface area contributed by atoms with E-state index in [0.29, 0.717) is 6.42 Å². The van der Waals surface area contributed by atoms with Crippen molar-refractivity contribution in [2.75, 3.05) is 6.61 Å². The van der Waals surface area contributed by atoms with E-state index in [1.807, 2.05) is 0 Å². The molecule has 1 aliphatic carbocycles. The van der Waals surface area contributed by atoms with E-state index in [9.17, 15) is 39.2 Å². The number of aliphatic hydroxyl groups is 4. The molecule has 0 aliphatic heterocycles. The monoisotopic (exact) mass is 650 g/mol. The first-order valence-electron chi connectivity index (χ1n) is 15.0. The third kappa shape index (κ3) is 16.0. The number of phosphoric acid groups is 2. The van der Waals surface area contributed by atoms with Gasteiger partial charge in [0.05, 0.1) is 6.61 Å². The average molecular weight is 651 g/mol. The number of ether oxygens (including phenoxy) is 1. The van der Waals surface area contributed by atoms with Crippen molar-refractivity contribution >= 4 is 21.6 Å². The Morgan fingerprint density at radius 3 is 1.48 bits per heavy atom. The summed E-state index contributed by atoms with van der Waals surface area (Å²) in [5.74, 6) is -0.484. The topological polar surface area (TPSA) is 230 Å². The summed E-state index contributed by atoms with van der Waals surface area (Å²) in [5, 5.41) is 40.5. The first-order chi connectivity index (χ1) is 19.7. The molecule has 0 radical (unpaired) electrons. The van der Waals surface area contributed by atoms with Gasteiger partial charge in [-0.1, -0.05) is 90.9 Å². The third-order valence-corrected chi connectivity index (χ3v) is 8.72. The van der Waals surface area contributed by atoms with Crippen molar-refractivity contribution in [1.82, 2.24) is 0 Å². The molecule has 14 nitrogen and oxygen atoms in total. The van der Waals surface area contributed by atoms with Crippen LogP contribution in [-0.2, 0) is 32.2 Å². The lowest BCUT2D eigenvalue weighted by molar-refractivity contribution is -0.216. The lowest BCUT2D eigenvalue weighted by Crippen LogP contribution is -2.64. The molecule has 16 heteroatoms. The van der Waals surface area contributed by atoms with Crippen molar-refractivity contribution in [3.8, 4) is 0 Å². The largest absolute Gasteiger partial charge is 0.472 e. The molecule has 0 aromatic rings. The lowest BCUT2D eigenvalue weighted by Gasteiger charge is -2.43. The quantitative estimate of drug-likeness (QED) is 0.0478. The van der Waals surface area contributed by atoms with Gasteiger partial charge in [0.1, 0.15) is 42.7 Å². The van der Waals surface area contributed by atoms with Gasteiger partial charge in [0.2, 0.25) is 0 Å². The number of aliphatic hydroxyl groups excluding tert-OH is 4. The second kappa shape index (κ2) is 20.5. The maximum Gasteiger partial charge on any atom is 0.472 e. The zero-order valence-electron chi connectivity index (χ0n) is 24.7. The molecule has 0 heterocycles. The smallest absolute Gasteiger partial charge is 0.460 e. The van der Waals surface area contributed by atoms with E-state index < -0.39 is 70.9 Å². The highest BCUT2D eigenvalue weighted by Gasteiger charge is 2.54. The molecule has 0 amide bonds. The summed E-state index contributed by atoms with van der Waals surface area (Å²) in [7, 11) is -10.3. The fourth-order valence-electron chi connectivity index (χ4n) is 4.72. The van der Waals surface area contributed by atoms with Crippen LogP contribution in [0.5, 0.6) is 0 Å². The molecular formula is C26H52O14P2. The average Bonchev–Trinajstić information content (AvgIpc) is 2.92. The van der Waals surface area contributed by atoms with Crippen molar-refractivity contribution in [2.45, 2.75) is 153 Å². The molecule has 1 rings (SSSR count). The molecule has 7 N–H and O–H groups in total. The minimum absolute atomic E-state index is 0.190. The van der Waals surface area contributed by atoms with Gasteiger partial charge >= 0.3 is 21.6 Å². The summed E-state index contributed by atoms with van der Waals surface area (Å²) < 4.78 is 42.6. The Morgan fingerprint density at radius 2 is 1.07 bits per heavy atom. The Kier molecular flexibility index (Phi) is 19.3. The summed E-state index contributed by atoms with van der Waals surface area (Å²) in [6, 6.07) is 0. The van der Waals surface area contributed by atoms with Crippen molar-refractivity contribution in [2.24, 2.45) is 0 Å². The maximum absolute atomic E-state index is 12.4. The number of hydrogen-bond donors (Lipinski definition) is 7. The zero-order chi connectivity index (χ0) is 31.8. The number of unbranched alkanes of at least 4 members (excludes halogenated alkanes) is 12. The van der Waals surface area contributed by atoms with Crippen LogP contribution in [-0.4, -0.2) is 90.4 Å². The molecule has 0 aromatic carbocycles. The molecule has 1 fully saturated rings. The summed E-state index contributed by atoms with van der Waals surface area (Å²) in [4.78, 5) is 40.1. The van der Waals surface area contributed by atoms with E-state index in [4.69, 9.17) is 23.6 Å². The van der Waals surface area contributed by atoms with E-state index >= 15 is 0 Å². The fraction of sp³-hybridized carbons (Fsp3) is 0.962. The molecule has 0 bridgehead atoms. The number of esters is 1. The Hall–Kier alpha value is -0.470. The predicted molar refractivity (Wildman–Crippen MR) is 152 cm³/mol. The van der Waals surface area contributed by atoms with Crippen LogP contribution in [0.4, 0.5) is 0 Å². The number of hydrogen-bond acceptors (Lipinski definition) is 11. The molecule has 0 saturated heterocycles. The van der Waals surface area contributed by atoms with Crippen LogP contribution >= 0.6 is 15.6 Å². The predicted octanol–water partition coefficient (Wildman–Crippen LogP) is 3.23. The zero-order valence-corrected chi connectivity index (χ0v) is 26.5. The van der Waals surface area contributed by atoms with Crippen molar-refractivity contribution in [1.29, 1.82) is 0 Å². The minimum atomic E-state index is -5.23. The van der Waals surface area contributed by atoms with Gasteiger partial charge in [-0.15, -0.1) is 0 Å². The van der Waals surface area contributed by atoms with Gasteiger partial charge in [0.15, 0.2) is 0 Å². The Bertz CT molecular complexity index is 824. The highest BCUT2D eigenvalue weighted by molar-refractivity contribution is 7.47. The molecule has 42 heavy (non-hydrogen) atoms. The van der Waals surface area contributed by atoms with E-state index in [2.05, 4.69) is 11.4 Å². The van der Waals surface area contributed by atoms with Crippen LogP contribution in [0.1, 0.15) is 110 Å². The van der Waals surface area contributed by atoms with Gasteiger partial charge in [0, 0.05) is 6.42 Å². The van der Waals surface area contributed by atoms with E-state index in [-0.39, 0.29) is 12.8 Å². The molecule has 1 aliphatic rings. The van der Waals surface area contributed by atoms with E-state index in [1.54, 1.807) is 6.92 Å². The van der Waals surface area contributed by atoms with E-state index in [1.165, 1.54) is 57.8 Å². The van der Waals surface area contributed by atoms with Crippen molar-refractivity contribution in [3.63, 3.8) is 0 Å².